The first-order valence-electron chi connectivity index (χ1n) is 6.70. The summed E-state index contributed by atoms with van der Waals surface area (Å²) >= 11 is 5.96. The van der Waals surface area contributed by atoms with E-state index < -0.39 is 0 Å². The lowest BCUT2D eigenvalue weighted by Gasteiger charge is -2.12. The van der Waals surface area contributed by atoms with Gasteiger partial charge in [0.2, 0.25) is 0 Å². The molecule has 0 bridgehead atoms. The third-order valence-electron chi connectivity index (χ3n) is 3.08. The maximum absolute atomic E-state index is 5.96. The van der Waals surface area contributed by atoms with Crippen molar-refractivity contribution < 1.29 is 4.74 Å². The van der Waals surface area contributed by atoms with Crippen LogP contribution in [0.5, 0.6) is 5.75 Å². The lowest BCUT2D eigenvalue weighted by molar-refractivity contribution is 0.337. The molecule has 1 aromatic heterocycles. The number of pyridine rings is 1. The monoisotopic (exact) mass is 290 g/mol. The molecule has 0 aliphatic carbocycles. The second-order valence-electron chi connectivity index (χ2n) is 4.51. The first-order valence-corrected chi connectivity index (χ1v) is 7.24. The summed E-state index contributed by atoms with van der Waals surface area (Å²) in [5.74, 6) is 1.29. The summed E-state index contributed by atoms with van der Waals surface area (Å²) in [6, 6.07) is 9.98. The molecule has 2 rings (SSSR count). The van der Waals surface area contributed by atoms with Gasteiger partial charge >= 0.3 is 0 Å². The number of alkyl halides is 1. The zero-order valence-corrected chi connectivity index (χ0v) is 12.6. The maximum Gasteiger partial charge on any atom is 0.123 e. The van der Waals surface area contributed by atoms with Crippen molar-refractivity contribution in [3.8, 4) is 5.75 Å². The van der Waals surface area contributed by atoms with Crippen molar-refractivity contribution in [3.05, 3.63) is 53.3 Å². The van der Waals surface area contributed by atoms with Gasteiger partial charge in [0.15, 0.2) is 0 Å². The Kier molecular flexibility index (Phi) is 5.24. The number of rotatable bonds is 6. The van der Waals surface area contributed by atoms with E-state index >= 15 is 0 Å². The van der Waals surface area contributed by atoms with Crippen LogP contribution in [-0.2, 0) is 12.4 Å². The Morgan fingerprint density at radius 3 is 2.85 bits per heavy atom. The number of hydrogen-bond donors (Lipinski definition) is 1. The SMILES string of the molecule is CCOc1ccc(NCc2ncccc2C)cc1CCl. The molecule has 0 aliphatic heterocycles. The quantitative estimate of drug-likeness (QED) is 0.812. The highest BCUT2D eigenvalue weighted by molar-refractivity contribution is 6.17. The lowest BCUT2D eigenvalue weighted by Crippen LogP contribution is -2.04. The van der Waals surface area contributed by atoms with Gasteiger partial charge in [0.1, 0.15) is 5.75 Å². The van der Waals surface area contributed by atoms with Gasteiger partial charge in [-0.05, 0) is 43.7 Å². The Morgan fingerprint density at radius 1 is 1.30 bits per heavy atom. The maximum atomic E-state index is 5.96. The highest BCUT2D eigenvalue weighted by atomic mass is 35.5. The molecule has 0 saturated carbocycles. The van der Waals surface area contributed by atoms with E-state index in [4.69, 9.17) is 16.3 Å². The van der Waals surface area contributed by atoms with E-state index in [0.29, 0.717) is 19.0 Å². The smallest absolute Gasteiger partial charge is 0.123 e. The molecule has 1 N–H and O–H groups in total. The first kappa shape index (κ1) is 14.7. The predicted octanol–water partition coefficient (Wildman–Crippen LogP) is 4.14. The van der Waals surface area contributed by atoms with Gasteiger partial charge in [-0.3, -0.25) is 4.98 Å². The van der Waals surface area contributed by atoms with Crippen LogP contribution in [0.25, 0.3) is 0 Å². The molecule has 0 unspecified atom stereocenters. The number of aryl methyl sites for hydroxylation is 1. The van der Waals surface area contributed by atoms with Gasteiger partial charge in [0, 0.05) is 17.4 Å². The van der Waals surface area contributed by atoms with Crippen LogP contribution in [-0.4, -0.2) is 11.6 Å². The Hall–Kier alpha value is -1.74. The van der Waals surface area contributed by atoms with Crippen LogP contribution < -0.4 is 10.1 Å². The van der Waals surface area contributed by atoms with E-state index in [9.17, 15) is 0 Å². The highest BCUT2D eigenvalue weighted by Gasteiger charge is 2.05. The molecule has 0 fully saturated rings. The summed E-state index contributed by atoms with van der Waals surface area (Å²) < 4.78 is 5.54. The number of nitrogens with zero attached hydrogens (tertiary/aromatic N) is 1. The molecule has 1 aromatic carbocycles. The van der Waals surface area contributed by atoms with Crippen molar-refractivity contribution in [2.24, 2.45) is 0 Å². The summed E-state index contributed by atoms with van der Waals surface area (Å²) in [4.78, 5) is 4.37. The molecule has 106 valence electrons. The van der Waals surface area contributed by atoms with Crippen LogP contribution in [0.4, 0.5) is 5.69 Å². The Morgan fingerprint density at radius 2 is 2.15 bits per heavy atom. The highest BCUT2D eigenvalue weighted by Crippen LogP contribution is 2.25. The molecule has 0 amide bonds. The summed E-state index contributed by atoms with van der Waals surface area (Å²) in [7, 11) is 0. The van der Waals surface area contributed by atoms with Gasteiger partial charge < -0.3 is 10.1 Å². The predicted molar refractivity (Wildman–Crippen MR) is 83.5 cm³/mol. The van der Waals surface area contributed by atoms with E-state index in [1.807, 2.05) is 37.4 Å². The Labute approximate surface area is 124 Å². The minimum absolute atomic E-state index is 0.438. The van der Waals surface area contributed by atoms with Crippen molar-refractivity contribution in [2.75, 3.05) is 11.9 Å². The number of benzene rings is 1. The molecule has 20 heavy (non-hydrogen) atoms. The molecule has 0 aliphatic rings. The minimum atomic E-state index is 0.438. The molecule has 4 heteroatoms. The van der Waals surface area contributed by atoms with Crippen molar-refractivity contribution in [1.82, 2.24) is 4.98 Å². The van der Waals surface area contributed by atoms with Crippen LogP contribution in [0.15, 0.2) is 36.5 Å². The number of anilines is 1. The molecule has 1 heterocycles. The van der Waals surface area contributed by atoms with E-state index in [-0.39, 0.29) is 0 Å². The standard InChI is InChI=1S/C16H19ClN2O/c1-3-20-16-7-6-14(9-13(16)10-17)19-11-15-12(2)5-4-8-18-15/h4-9,19H,3,10-11H2,1-2H3. The number of ether oxygens (including phenoxy) is 1. The largest absolute Gasteiger partial charge is 0.494 e. The van der Waals surface area contributed by atoms with Crippen LogP contribution in [0.2, 0.25) is 0 Å². The summed E-state index contributed by atoms with van der Waals surface area (Å²) in [5.41, 5.74) is 4.25. The zero-order chi connectivity index (χ0) is 14.4. The van der Waals surface area contributed by atoms with Crippen LogP contribution >= 0.6 is 11.6 Å². The van der Waals surface area contributed by atoms with Crippen molar-refractivity contribution in [2.45, 2.75) is 26.3 Å². The van der Waals surface area contributed by atoms with Gasteiger partial charge in [0.25, 0.3) is 0 Å². The second kappa shape index (κ2) is 7.15. The number of aromatic nitrogens is 1. The Bertz CT molecular complexity index is 572. The van der Waals surface area contributed by atoms with Crippen LogP contribution in [0.1, 0.15) is 23.7 Å². The average Bonchev–Trinajstić information content (AvgIpc) is 2.48. The van der Waals surface area contributed by atoms with E-state index in [0.717, 1.165) is 22.7 Å². The fourth-order valence-corrected chi connectivity index (χ4v) is 2.19. The normalized spacial score (nSPS) is 10.3. The summed E-state index contributed by atoms with van der Waals surface area (Å²) in [6.07, 6.45) is 1.81. The van der Waals surface area contributed by atoms with E-state index in [1.54, 1.807) is 0 Å². The minimum Gasteiger partial charge on any atom is -0.494 e. The van der Waals surface area contributed by atoms with Gasteiger partial charge in [-0.25, -0.2) is 0 Å². The number of halogens is 1. The molecule has 0 atom stereocenters. The average molecular weight is 291 g/mol. The third kappa shape index (κ3) is 3.64. The van der Waals surface area contributed by atoms with Gasteiger partial charge in [-0.2, -0.15) is 0 Å². The zero-order valence-electron chi connectivity index (χ0n) is 11.8. The summed E-state index contributed by atoms with van der Waals surface area (Å²) in [5, 5.41) is 3.37. The second-order valence-corrected chi connectivity index (χ2v) is 4.78. The molecule has 0 saturated heterocycles. The van der Waals surface area contributed by atoms with Gasteiger partial charge in [-0.15, -0.1) is 11.6 Å². The van der Waals surface area contributed by atoms with Gasteiger partial charge in [-0.1, -0.05) is 6.07 Å². The number of hydrogen-bond acceptors (Lipinski definition) is 3. The van der Waals surface area contributed by atoms with Crippen LogP contribution in [0, 0.1) is 6.92 Å². The van der Waals surface area contributed by atoms with E-state index in [1.165, 1.54) is 5.56 Å². The topological polar surface area (TPSA) is 34.1 Å². The summed E-state index contributed by atoms with van der Waals surface area (Å²) in [6.45, 7) is 5.37. The van der Waals surface area contributed by atoms with E-state index in [2.05, 4.69) is 23.3 Å². The third-order valence-corrected chi connectivity index (χ3v) is 3.37. The molecule has 3 nitrogen and oxygen atoms in total. The van der Waals surface area contributed by atoms with Crippen LogP contribution in [0.3, 0.4) is 0 Å². The molecule has 0 radical (unpaired) electrons. The van der Waals surface area contributed by atoms with Crippen molar-refractivity contribution in [3.63, 3.8) is 0 Å². The molecular formula is C16H19ClN2O. The molecule has 2 aromatic rings. The molecule has 0 spiro atoms. The van der Waals surface area contributed by atoms with Gasteiger partial charge in [0.05, 0.1) is 24.7 Å². The molecular weight excluding hydrogens is 272 g/mol. The fraction of sp³-hybridized carbons (Fsp3) is 0.312. The fourth-order valence-electron chi connectivity index (χ4n) is 1.98. The Balaban J connectivity index is 2.08. The first-order chi connectivity index (χ1) is 9.74. The lowest BCUT2D eigenvalue weighted by atomic mass is 10.2. The number of nitrogens with one attached hydrogen (secondary N) is 1. The van der Waals surface area contributed by atoms with Crippen molar-refractivity contribution in [1.29, 1.82) is 0 Å². The van der Waals surface area contributed by atoms with Crippen molar-refractivity contribution >= 4 is 17.3 Å².